The Kier molecular flexibility index (Phi) is 6.60. The molecule has 2 amide bonds. The molecule has 3 N–H and O–H groups in total. The number of carboxylic acid groups (broad SMARTS) is 1. The van der Waals surface area contributed by atoms with Crippen LogP contribution in [0.5, 0.6) is 11.5 Å². The second kappa shape index (κ2) is 8.22. The summed E-state index contributed by atoms with van der Waals surface area (Å²) in [5.41, 5.74) is -0.331. The zero-order valence-corrected chi connectivity index (χ0v) is 13.2. The van der Waals surface area contributed by atoms with E-state index in [2.05, 4.69) is 5.32 Å². The molecule has 0 saturated heterocycles. The number of alkyl halides is 3. The second-order valence-electron chi connectivity index (χ2n) is 4.68. The molecule has 1 rings (SSSR count). The lowest BCUT2D eigenvalue weighted by atomic mass is 10.1. The summed E-state index contributed by atoms with van der Waals surface area (Å²) in [7, 11) is 2.49. The van der Waals surface area contributed by atoms with Crippen molar-refractivity contribution in [3.8, 4) is 11.5 Å². The number of hydrogen-bond acceptors (Lipinski definition) is 5. The Balaban J connectivity index is 2.90. The Morgan fingerprint density at radius 3 is 2.24 bits per heavy atom. The monoisotopic (exact) mass is 364 g/mol. The predicted molar refractivity (Wildman–Crippen MR) is 78.8 cm³/mol. The normalized spacial score (nSPS) is 10.8. The number of hydrogen-bond donors (Lipinski definition) is 3. The van der Waals surface area contributed by atoms with Crippen molar-refractivity contribution >= 4 is 23.5 Å². The molecule has 0 aliphatic carbocycles. The van der Waals surface area contributed by atoms with Gasteiger partial charge < -0.3 is 25.2 Å². The van der Waals surface area contributed by atoms with E-state index in [9.17, 15) is 27.6 Å². The number of rotatable bonds is 7. The van der Waals surface area contributed by atoms with Crippen LogP contribution in [0.3, 0.4) is 0 Å². The summed E-state index contributed by atoms with van der Waals surface area (Å²) < 4.78 is 46.0. The molecule has 0 saturated carbocycles. The molecule has 0 fully saturated rings. The molecule has 8 nitrogen and oxygen atoms in total. The maximum Gasteiger partial charge on any atom is 0.405 e. The van der Waals surface area contributed by atoms with Crippen LogP contribution >= 0.6 is 0 Å². The number of halogens is 3. The van der Waals surface area contributed by atoms with E-state index >= 15 is 0 Å². The summed E-state index contributed by atoms with van der Waals surface area (Å²) in [6, 6.07) is 2.22. The maximum absolute atomic E-state index is 12.0. The zero-order chi connectivity index (χ0) is 19.2. The molecule has 0 aliphatic heterocycles. The van der Waals surface area contributed by atoms with E-state index in [0.717, 1.165) is 12.1 Å². The predicted octanol–water partition coefficient (Wildman–Crippen LogP) is 1.41. The number of methoxy groups -OCH3 is 2. The largest absolute Gasteiger partial charge is 0.493 e. The minimum atomic E-state index is -4.60. The van der Waals surface area contributed by atoms with E-state index in [4.69, 9.17) is 14.6 Å². The van der Waals surface area contributed by atoms with Crippen LogP contribution in [0.1, 0.15) is 16.8 Å². The van der Waals surface area contributed by atoms with E-state index < -0.39 is 36.9 Å². The van der Waals surface area contributed by atoms with Gasteiger partial charge in [0.05, 0.1) is 25.5 Å². The standard InChI is InChI=1S/C14H15F3N2O6/c1-24-9-4-7(13(22)23)3-8(12(9)25-2)19-11(21)5-10(20)18-6-14(15,16)17/h3-4H,5-6H2,1-2H3,(H,18,20)(H,19,21)(H,22,23). The molecule has 0 heterocycles. The van der Waals surface area contributed by atoms with Crippen LogP contribution in [0, 0.1) is 0 Å². The van der Waals surface area contributed by atoms with E-state index in [-0.39, 0.29) is 22.7 Å². The van der Waals surface area contributed by atoms with Gasteiger partial charge in [-0.1, -0.05) is 0 Å². The molecular formula is C14H15F3N2O6. The fourth-order valence-corrected chi connectivity index (χ4v) is 1.78. The summed E-state index contributed by atoms with van der Waals surface area (Å²) in [5.74, 6) is -3.40. The van der Waals surface area contributed by atoms with Crippen molar-refractivity contribution < 1.29 is 42.1 Å². The molecule has 0 aromatic heterocycles. The first kappa shape index (κ1) is 20.1. The van der Waals surface area contributed by atoms with Gasteiger partial charge in [-0.25, -0.2) is 4.79 Å². The smallest absolute Gasteiger partial charge is 0.405 e. The van der Waals surface area contributed by atoms with E-state index in [1.807, 2.05) is 0 Å². The molecule has 138 valence electrons. The molecule has 0 unspecified atom stereocenters. The first-order valence-corrected chi connectivity index (χ1v) is 6.70. The van der Waals surface area contributed by atoms with Crippen LogP contribution in [0.4, 0.5) is 18.9 Å². The fourth-order valence-electron chi connectivity index (χ4n) is 1.78. The Morgan fingerprint density at radius 2 is 1.76 bits per heavy atom. The molecule has 0 atom stereocenters. The van der Waals surface area contributed by atoms with Crippen molar-refractivity contribution in [2.45, 2.75) is 12.6 Å². The van der Waals surface area contributed by atoms with Crippen molar-refractivity contribution in [3.05, 3.63) is 17.7 Å². The van der Waals surface area contributed by atoms with Gasteiger partial charge in [-0.2, -0.15) is 13.2 Å². The molecule has 0 bridgehead atoms. The van der Waals surface area contributed by atoms with Crippen molar-refractivity contribution in [1.82, 2.24) is 5.32 Å². The van der Waals surface area contributed by atoms with Gasteiger partial charge in [0.2, 0.25) is 11.8 Å². The van der Waals surface area contributed by atoms with Gasteiger partial charge in [-0.05, 0) is 12.1 Å². The van der Waals surface area contributed by atoms with Crippen LogP contribution in [0.25, 0.3) is 0 Å². The number of ether oxygens (including phenoxy) is 2. The second-order valence-corrected chi connectivity index (χ2v) is 4.68. The Bertz CT molecular complexity index is 675. The minimum absolute atomic E-state index is 0.00319. The fraction of sp³-hybridized carbons (Fsp3) is 0.357. The van der Waals surface area contributed by atoms with E-state index in [1.54, 1.807) is 5.32 Å². The third kappa shape index (κ3) is 6.20. The SMILES string of the molecule is COc1cc(C(=O)O)cc(NC(=O)CC(=O)NCC(F)(F)F)c1OC. The molecular weight excluding hydrogens is 349 g/mol. The third-order valence-corrected chi connectivity index (χ3v) is 2.81. The lowest BCUT2D eigenvalue weighted by molar-refractivity contribution is -0.140. The summed E-state index contributed by atoms with van der Waals surface area (Å²) in [5, 5.41) is 12.8. The van der Waals surface area contributed by atoms with Gasteiger partial charge in [0.15, 0.2) is 11.5 Å². The molecule has 25 heavy (non-hydrogen) atoms. The minimum Gasteiger partial charge on any atom is -0.493 e. The highest BCUT2D eigenvalue weighted by Crippen LogP contribution is 2.36. The number of carbonyl (C=O) groups excluding carboxylic acids is 2. The molecule has 1 aromatic rings. The van der Waals surface area contributed by atoms with Crippen LogP contribution in [-0.4, -0.2) is 49.8 Å². The summed E-state index contributed by atoms with van der Waals surface area (Å²) in [6.45, 7) is -1.56. The van der Waals surface area contributed by atoms with Crippen LogP contribution < -0.4 is 20.1 Å². The number of nitrogens with one attached hydrogen (secondary N) is 2. The van der Waals surface area contributed by atoms with E-state index in [1.165, 1.54) is 14.2 Å². The number of benzene rings is 1. The lowest BCUT2D eigenvalue weighted by Crippen LogP contribution is -2.35. The first-order chi connectivity index (χ1) is 11.6. The molecule has 11 heteroatoms. The Morgan fingerprint density at radius 1 is 1.12 bits per heavy atom. The van der Waals surface area contributed by atoms with Crippen molar-refractivity contribution in [2.75, 3.05) is 26.1 Å². The van der Waals surface area contributed by atoms with Crippen molar-refractivity contribution in [2.24, 2.45) is 0 Å². The number of anilines is 1. The van der Waals surface area contributed by atoms with Crippen LogP contribution in [0.2, 0.25) is 0 Å². The summed E-state index contributed by atoms with van der Waals surface area (Å²) >= 11 is 0. The number of carbonyl (C=O) groups is 3. The Labute approximate surface area is 139 Å². The highest BCUT2D eigenvalue weighted by molar-refractivity contribution is 6.05. The van der Waals surface area contributed by atoms with Crippen LogP contribution in [0.15, 0.2) is 12.1 Å². The highest BCUT2D eigenvalue weighted by Gasteiger charge is 2.28. The molecule has 0 spiro atoms. The van der Waals surface area contributed by atoms with Crippen molar-refractivity contribution in [1.29, 1.82) is 0 Å². The van der Waals surface area contributed by atoms with Gasteiger partial charge in [0, 0.05) is 0 Å². The van der Waals surface area contributed by atoms with E-state index in [0.29, 0.717) is 0 Å². The quantitative estimate of drug-likeness (QED) is 0.631. The average Bonchev–Trinajstić information content (AvgIpc) is 2.51. The third-order valence-electron chi connectivity index (χ3n) is 2.81. The maximum atomic E-state index is 12.0. The number of aromatic carboxylic acids is 1. The zero-order valence-electron chi connectivity index (χ0n) is 13.2. The average molecular weight is 364 g/mol. The molecule has 0 aliphatic rings. The lowest BCUT2D eigenvalue weighted by Gasteiger charge is -2.15. The van der Waals surface area contributed by atoms with Gasteiger partial charge in [-0.15, -0.1) is 0 Å². The van der Waals surface area contributed by atoms with Crippen LogP contribution in [-0.2, 0) is 9.59 Å². The topological polar surface area (TPSA) is 114 Å². The van der Waals surface area contributed by atoms with Gasteiger partial charge in [-0.3, -0.25) is 9.59 Å². The first-order valence-electron chi connectivity index (χ1n) is 6.70. The Hall–Kier alpha value is -2.98. The molecule has 0 radical (unpaired) electrons. The summed E-state index contributed by atoms with van der Waals surface area (Å²) in [4.78, 5) is 34.2. The number of carboxylic acids is 1. The van der Waals surface area contributed by atoms with Crippen molar-refractivity contribution in [3.63, 3.8) is 0 Å². The number of amides is 2. The molecule has 1 aromatic carbocycles. The van der Waals surface area contributed by atoms with Gasteiger partial charge in [0.1, 0.15) is 13.0 Å². The highest BCUT2D eigenvalue weighted by atomic mass is 19.4. The van der Waals surface area contributed by atoms with Gasteiger partial charge in [0.25, 0.3) is 0 Å². The van der Waals surface area contributed by atoms with Gasteiger partial charge >= 0.3 is 12.1 Å². The summed E-state index contributed by atoms with van der Waals surface area (Å²) in [6.07, 6.45) is -5.49.